The maximum Gasteiger partial charge on any atom is 0.528 e. The molecule has 2 aromatic carbocycles. The second-order valence-electron chi connectivity index (χ2n) is 5.62. The molecule has 0 amide bonds. The minimum absolute atomic E-state index is 0.979. The summed E-state index contributed by atoms with van der Waals surface area (Å²) in [7, 11) is -1.36. The minimum atomic E-state index is -1.36. The second kappa shape index (κ2) is 5.43. The van der Waals surface area contributed by atoms with E-state index >= 15 is 0 Å². The van der Waals surface area contributed by atoms with Gasteiger partial charge in [-0.25, -0.2) is 0 Å². The van der Waals surface area contributed by atoms with Crippen molar-refractivity contribution in [1.82, 2.24) is 0 Å². The van der Waals surface area contributed by atoms with Gasteiger partial charge in [0.1, 0.15) is 11.5 Å². The Morgan fingerprint density at radius 3 is 1.62 bits per heavy atom. The van der Waals surface area contributed by atoms with Crippen LogP contribution in [0.5, 0.6) is 11.5 Å². The Labute approximate surface area is 132 Å². The van der Waals surface area contributed by atoms with E-state index in [9.17, 15) is 0 Å². The Morgan fingerprint density at radius 2 is 1.19 bits per heavy atom. The summed E-state index contributed by atoms with van der Waals surface area (Å²) in [6.07, 6.45) is 0. The summed E-state index contributed by atoms with van der Waals surface area (Å²) in [6.45, 7) is 10.5. The maximum atomic E-state index is 6.12. The molecular weight excluding hydrogens is 296 g/mol. The van der Waals surface area contributed by atoms with E-state index in [0.29, 0.717) is 0 Å². The Morgan fingerprint density at radius 1 is 0.762 bits per heavy atom. The zero-order valence-electron chi connectivity index (χ0n) is 13.0. The van der Waals surface area contributed by atoms with Gasteiger partial charge in [-0.3, -0.25) is 0 Å². The minimum Gasteiger partial charge on any atom is -0.509 e. The fraction of sp³-hybridized carbons (Fsp3) is 0.294. The molecule has 0 bridgehead atoms. The van der Waals surface area contributed by atoms with Crippen molar-refractivity contribution in [2.24, 2.45) is 0 Å². The number of hydrogen-bond donors (Lipinski definition) is 0. The van der Waals surface area contributed by atoms with Crippen molar-refractivity contribution < 1.29 is 8.85 Å². The highest BCUT2D eigenvalue weighted by Crippen LogP contribution is 2.45. The van der Waals surface area contributed by atoms with Crippen molar-refractivity contribution in [1.29, 1.82) is 0 Å². The highest BCUT2D eigenvalue weighted by Gasteiger charge is 2.24. The number of rotatable bonds is 0. The van der Waals surface area contributed by atoms with E-state index in [1.807, 2.05) is 6.55 Å². The van der Waals surface area contributed by atoms with E-state index in [4.69, 9.17) is 8.85 Å². The highest BCUT2D eigenvalue weighted by molar-refractivity contribution is 7.99. The molecule has 4 heteroatoms. The zero-order valence-corrected chi connectivity index (χ0v) is 14.9. The smallest absolute Gasteiger partial charge is 0.509 e. The van der Waals surface area contributed by atoms with Crippen LogP contribution >= 0.6 is 11.8 Å². The van der Waals surface area contributed by atoms with Gasteiger partial charge in [0.25, 0.3) is 0 Å². The predicted molar refractivity (Wildman–Crippen MR) is 88.8 cm³/mol. The molecule has 21 heavy (non-hydrogen) atoms. The van der Waals surface area contributed by atoms with Gasteiger partial charge >= 0.3 is 9.28 Å². The summed E-state index contributed by atoms with van der Waals surface area (Å²) in [5, 5.41) is 0. The lowest BCUT2D eigenvalue weighted by Crippen LogP contribution is -2.27. The number of hydrogen-bond acceptors (Lipinski definition) is 3. The van der Waals surface area contributed by atoms with Crippen LogP contribution in [0.3, 0.4) is 0 Å². The van der Waals surface area contributed by atoms with E-state index in [-0.39, 0.29) is 0 Å². The summed E-state index contributed by atoms with van der Waals surface area (Å²) in [5.41, 5.74) is 4.89. The van der Waals surface area contributed by atoms with E-state index in [0.717, 1.165) is 11.5 Å². The average Bonchev–Trinajstić information content (AvgIpc) is 2.36. The van der Waals surface area contributed by atoms with Crippen LogP contribution < -0.4 is 8.85 Å². The molecule has 2 nitrogen and oxygen atoms in total. The van der Waals surface area contributed by atoms with Gasteiger partial charge in [0.05, 0.1) is 9.79 Å². The van der Waals surface area contributed by atoms with Gasteiger partial charge in [-0.2, -0.15) is 0 Å². The third kappa shape index (κ3) is 2.83. The van der Waals surface area contributed by atoms with Crippen LogP contribution in [-0.2, 0) is 0 Å². The summed E-state index contributed by atoms with van der Waals surface area (Å²) in [5.74, 6) is 1.96. The van der Waals surface area contributed by atoms with Crippen molar-refractivity contribution in [2.45, 2.75) is 44.0 Å². The van der Waals surface area contributed by atoms with Crippen molar-refractivity contribution in [3.05, 3.63) is 46.5 Å². The number of fused-ring (bicyclic) bond motifs is 2. The Balaban J connectivity index is 2.19. The van der Waals surface area contributed by atoms with Crippen LogP contribution in [0, 0.1) is 27.7 Å². The molecule has 2 aromatic rings. The molecule has 1 heterocycles. The molecule has 0 spiro atoms. The van der Waals surface area contributed by atoms with Crippen LogP contribution in [0.25, 0.3) is 0 Å². The molecule has 0 N–H and O–H groups in total. The van der Waals surface area contributed by atoms with E-state index < -0.39 is 9.28 Å². The molecule has 0 saturated heterocycles. The second-order valence-corrected chi connectivity index (χ2v) is 8.09. The van der Waals surface area contributed by atoms with Crippen LogP contribution in [-0.4, -0.2) is 9.28 Å². The largest absolute Gasteiger partial charge is 0.528 e. The molecule has 1 radical (unpaired) electrons. The fourth-order valence-electron chi connectivity index (χ4n) is 2.67. The molecule has 0 aromatic heterocycles. The summed E-state index contributed by atoms with van der Waals surface area (Å²) < 4.78 is 12.2. The van der Waals surface area contributed by atoms with Gasteiger partial charge in [0.2, 0.25) is 0 Å². The number of aryl methyl sites for hydroxylation is 4. The first-order valence-corrected chi connectivity index (χ1v) is 9.67. The fourth-order valence-corrected chi connectivity index (χ4v) is 5.29. The maximum absolute atomic E-state index is 6.12. The molecular formula is C17H19O2SSi. The Bertz CT molecular complexity index is 653. The zero-order chi connectivity index (χ0) is 15.1. The van der Waals surface area contributed by atoms with Crippen molar-refractivity contribution in [3.8, 4) is 11.5 Å². The monoisotopic (exact) mass is 315 g/mol. The average molecular weight is 315 g/mol. The van der Waals surface area contributed by atoms with Gasteiger partial charge in [-0.1, -0.05) is 23.9 Å². The van der Waals surface area contributed by atoms with E-state index in [1.165, 1.54) is 32.0 Å². The van der Waals surface area contributed by atoms with Crippen LogP contribution in [0.4, 0.5) is 0 Å². The molecule has 0 saturated carbocycles. The molecule has 109 valence electrons. The Hall–Kier alpha value is -1.39. The molecule has 0 unspecified atom stereocenters. The summed E-state index contributed by atoms with van der Waals surface area (Å²) >= 11 is 1.74. The topological polar surface area (TPSA) is 18.5 Å². The first kappa shape index (κ1) is 14.5. The lowest BCUT2D eigenvalue weighted by Gasteiger charge is -2.24. The van der Waals surface area contributed by atoms with Gasteiger partial charge in [-0.05, 0) is 62.1 Å². The molecule has 0 atom stereocenters. The highest BCUT2D eigenvalue weighted by atomic mass is 32.2. The first-order chi connectivity index (χ1) is 9.94. The molecule has 0 fully saturated rings. The molecule has 0 aliphatic carbocycles. The summed E-state index contributed by atoms with van der Waals surface area (Å²) in [4.78, 5) is 2.37. The van der Waals surface area contributed by atoms with Crippen molar-refractivity contribution >= 4 is 21.0 Å². The lowest BCUT2D eigenvalue weighted by atomic mass is 10.1. The SMILES string of the molecule is Cc1cc(C)c2c(c1)Sc1cc(C)cc(C)c1O[Si](C)O2. The Kier molecular flexibility index (Phi) is 3.76. The first-order valence-electron chi connectivity index (χ1n) is 7.03. The van der Waals surface area contributed by atoms with E-state index in [1.54, 1.807) is 11.8 Å². The van der Waals surface area contributed by atoms with Crippen molar-refractivity contribution in [3.63, 3.8) is 0 Å². The van der Waals surface area contributed by atoms with Crippen molar-refractivity contribution in [2.75, 3.05) is 0 Å². The lowest BCUT2D eigenvalue weighted by molar-refractivity contribution is 0.414. The van der Waals surface area contributed by atoms with E-state index in [2.05, 4.69) is 52.0 Å². The molecule has 1 aliphatic heterocycles. The third-order valence-corrected chi connectivity index (χ3v) is 5.51. The van der Waals surface area contributed by atoms with Crippen LogP contribution in [0.1, 0.15) is 22.3 Å². The number of benzene rings is 2. The predicted octanol–water partition coefficient (Wildman–Crippen LogP) is 4.96. The molecule has 1 aliphatic rings. The molecule has 3 rings (SSSR count). The van der Waals surface area contributed by atoms with Gasteiger partial charge in [-0.15, -0.1) is 0 Å². The van der Waals surface area contributed by atoms with Gasteiger partial charge < -0.3 is 8.85 Å². The van der Waals surface area contributed by atoms with Gasteiger partial charge in [0.15, 0.2) is 0 Å². The summed E-state index contributed by atoms with van der Waals surface area (Å²) in [6, 6.07) is 8.74. The third-order valence-electron chi connectivity index (χ3n) is 3.48. The van der Waals surface area contributed by atoms with Gasteiger partial charge in [0, 0.05) is 6.55 Å². The quantitative estimate of drug-likeness (QED) is 0.640. The standard InChI is InChI=1S/C17H19O2SSi/c1-10-6-12(3)16-14(8-10)20-15-9-11(2)7-13(4)17(15)19-21(5)18-16/h6-9H,1-5H3. The van der Waals surface area contributed by atoms with Crippen LogP contribution in [0.2, 0.25) is 6.55 Å². The normalized spacial score (nSPS) is 14.3. The van der Waals surface area contributed by atoms with Crippen LogP contribution in [0.15, 0.2) is 34.1 Å².